The lowest BCUT2D eigenvalue weighted by Crippen LogP contribution is -2.51. The normalized spacial score (nSPS) is 22.5. The molecular formula is C21H31N3O3S. The van der Waals surface area contributed by atoms with Gasteiger partial charge >= 0.3 is 0 Å². The second-order valence-corrected chi connectivity index (χ2v) is 10.4. The third-order valence-corrected chi connectivity index (χ3v) is 8.27. The fourth-order valence-electron chi connectivity index (χ4n) is 4.36. The van der Waals surface area contributed by atoms with Crippen LogP contribution in [-0.4, -0.2) is 62.3 Å². The summed E-state index contributed by atoms with van der Waals surface area (Å²) in [6.45, 7) is 4.48. The molecule has 2 fully saturated rings. The largest absolute Gasteiger partial charge is 0.352 e. The average molecular weight is 406 g/mol. The Bertz CT molecular complexity index is 827. The highest BCUT2D eigenvalue weighted by Gasteiger charge is 2.31. The van der Waals surface area contributed by atoms with Crippen molar-refractivity contribution in [1.82, 2.24) is 14.5 Å². The number of sulfonamides is 1. The van der Waals surface area contributed by atoms with Crippen molar-refractivity contribution in [3.05, 3.63) is 29.3 Å². The number of amides is 1. The van der Waals surface area contributed by atoms with Crippen molar-refractivity contribution in [3.8, 4) is 0 Å². The number of hydrogen-bond acceptors (Lipinski definition) is 4. The smallest absolute Gasteiger partial charge is 0.243 e. The zero-order chi connectivity index (χ0) is 19.7. The summed E-state index contributed by atoms with van der Waals surface area (Å²) in [5.74, 6) is 0.688. The predicted octanol–water partition coefficient (Wildman–Crippen LogP) is 1.79. The number of nitrogens with zero attached hydrogens (tertiary/aromatic N) is 2. The highest BCUT2D eigenvalue weighted by molar-refractivity contribution is 7.89. The van der Waals surface area contributed by atoms with Crippen molar-refractivity contribution in [2.75, 3.05) is 32.7 Å². The van der Waals surface area contributed by atoms with E-state index >= 15 is 0 Å². The van der Waals surface area contributed by atoms with Gasteiger partial charge in [0.2, 0.25) is 15.9 Å². The van der Waals surface area contributed by atoms with Gasteiger partial charge < -0.3 is 5.32 Å². The predicted molar refractivity (Wildman–Crippen MR) is 109 cm³/mol. The van der Waals surface area contributed by atoms with Crippen molar-refractivity contribution in [1.29, 1.82) is 0 Å². The first-order chi connectivity index (χ1) is 13.4. The molecule has 1 N–H and O–H groups in total. The van der Waals surface area contributed by atoms with Crippen molar-refractivity contribution in [2.24, 2.45) is 5.92 Å². The number of aryl methyl sites for hydroxylation is 2. The molecule has 0 aromatic heterocycles. The van der Waals surface area contributed by atoms with Crippen LogP contribution in [0.3, 0.4) is 0 Å². The fraction of sp³-hybridized carbons (Fsp3) is 0.667. The number of rotatable bonds is 6. The van der Waals surface area contributed by atoms with E-state index < -0.39 is 10.0 Å². The monoisotopic (exact) mass is 405 g/mol. The van der Waals surface area contributed by atoms with Gasteiger partial charge in [-0.1, -0.05) is 6.07 Å². The SMILES string of the molecule is C[C@H](NC(=O)CN1CCN(S(=O)(=O)c2ccc3c(c2)CCCC3)CC1)C1CC1. The molecule has 1 saturated carbocycles. The lowest BCUT2D eigenvalue weighted by molar-refractivity contribution is -0.123. The Kier molecular flexibility index (Phi) is 5.76. The summed E-state index contributed by atoms with van der Waals surface area (Å²) < 4.78 is 27.7. The van der Waals surface area contributed by atoms with Crippen molar-refractivity contribution in [3.63, 3.8) is 0 Å². The van der Waals surface area contributed by atoms with Gasteiger partial charge in [-0.25, -0.2) is 8.42 Å². The molecule has 0 bridgehead atoms. The molecule has 154 valence electrons. The molecule has 1 saturated heterocycles. The van der Waals surface area contributed by atoms with Gasteiger partial charge in [0.15, 0.2) is 0 Å². The lowest BCUT2D eigenvalue weighted by atomic mass is 9.92. The number of carbonyl (C=O) groups is 1. The van der Waals surface area contributed by atoms with Gasteiger partial charge in [-0.15, -0.1) is 0 Å². The number of hydrogen-bond donors (Lipinski definition) is 1. The average Bonchev–Trinajstić information content (AvgIpc) is 3.53. The Balaban J connectivity index is 1.33. The molecule has 1 aliphatic heterocycles. The van der Waals surface area contributed by atoms with Crippen molar-refractivity contribution in [2.45, 2.75) is 56.4 Å². The summed E-state index contributed by atoms with van der Waals surface area (Å²) >= 11 is 0. The molecule has 1 atom stereocenters. The van der Waals surface area contributed by atoms with E-state index in [2.05, 4.69) is 12.2 Å². The van der Waals surface area contributed by atoms with Crippen molar-refractivity contribution >= 4 is 15.9 Å². The number of fused-ring (bicyclic) bond motifs is 1. The minimum Gasteiger partial charge on any atom is -0.352 e. The van der Waals surface area contributed by atoms with E-state index in [1.54, 1.807) is 10.4 Å². The first-order valence-corrected chi connectivity index (χ1v) is 12.0. The molecular weight excluding hydrogens is 374 g/mol. The quantitative estimate of drug-likeness (QED) is 0.783. The van der Waals surface area contributed by atoms with Crippen LogP contribution in [0.2, 0.25) is 0 Å². The number of piperazine rings is 1. The molecule has 3 aliphatic rings. The van der Waals surface area contributed by atoms with E-state index in [-0.39, 0.29) is 11.9 Å². The molecule has 1 heterocycles. The molecule has 0 spiro atoms. The Labute approximate surface area is 168 Å². The van der Waals surface area contributed by atoms with Crippen LogP contribution in [-0.2, 0) is 27.7 Å². The highest BCUT2D eigenvalue weighted by atomic mass is 32.2. The van der Waals surface area contributed by atoms with Crippen molar-refractivity contribution < 1.29 is 13.2 Å². The Morgan fingerprint density at radius 3 is 2.46 bits per heavy atom. The minimum absolute atomic E-state index is 0.0467. The number of carbonyl (C=O) groups excluding carboxylic acids is 1. The van der Waals surface area contributed by atoms with Gasteiger partial charge in [0, 0.05) is 32.2 Å². The topological polar surface area (TPSA) is 69.7 Å². The molecule has 2 aliphatic carbocycles. The van der Waals surface area contributed by atoms with Gasteiger partial charge in [0.25, 0.3) is 0 Å². The zero-order valence-corrected chi connectivity index (χ0v) is 17.5. The van der Waals surface area contributed by atoms with E-state index in [9.17, 15) is 13.2 Å². The molecule has 1 aromatic carbocycles. The zero-order valence-electron chi connectivity index (χ0n) is 16.7. The second-order valence-electron chi connectivity index (χ2n) is 8.51. The Hall–Kier alpha value is -1.44. The van der Waals surface area contributed by atoms with Gasteiger partial charge in [-0.3, -0.25) is 9.69 Å². The van der Waals surface area contributed by atoms with E-state index in [0.29, 0.717) is 43.5 Å². The van der Waals surface area contributed by atoms with Crippen LogP contribution >= 0.6 is 0 Å². The standard InChI is InChI=1S/C21H31N3O3S/c1-16(17-6-7-17)22-21(25)15-23-10-12-24(13-11-23)28(26,27)20-9-8-18-4-2-3-5-19(18)14-20/h8-9,14,16-17H,2-7,10-13,15H2,1H3,(H,22,25)/t16-/m0/s1. The van der Waals surface area contributed by atoms with Gasteiger partial charge in [0.05, 0.1) is 11.4 Å². The number of benzene rings is 1. The van der Waals surface area contributed by atoms with Crippen LogP contribution in [0.5, 0.6) is 0 Å². The lowest BCUT2D eigenvalue weighted by Gasteiger charge is -2.34. The molecule has 1 aromatic rings. The van der Waals surface area contributed by atoms with Gasteiger partial charge in [-0.2, -0.15) is 4.31 Å². The van der Waals surface area contributed by atoms with E-state index in [1.807, 2.05) is 17.0 Å². The first-order valence-electron chi connectivity index (χ1n) is 10.6. The van der Waals surface area contributed by atoms with Crippen LogP contribution in [0.1, 0.15) is 43.7 Å². The van der Waals surface area contributed by atoms with E-state index in [1.165, 1.54) is 30.4 Å². The fourth-order valence-corrected chi connectivity index (χ4v) is 5.84. The summed E-state index contributed by atoms with van der Waals surface area (Å²) in [7, 11) is -3.46. The van der Waals surface area contributed by atoms with Crippen LogP contribution < -0.4 is 5.32 Å². The Morgan fingerprint density at radius 1 is 1.11 bits per heavy atom. The van der Waals surface area contributed by atoms with Gasteiger partial charge in [0.1, 0.15) is 0 Å². The highest BCUT2D eigenvalue weighted by Crippen LogP contribution is 2.32. The molecule has 1 amide bonds. The summed E-state index contributed by atoms with van der Waals surface area (Å²) in [4.78, 5) is 14.7. The molecule has 28 heavy (non-hydrogen) atoms. The molecule has 0 radical (unpaired) electrons. The molecule has 4 rings (SSSR count). The number of nitrogens with one attached hydrogen (secondary N) is 1. The van der Waals surface area contributed by atoms with E-state index in [0.717, 1.165) is 19.3 Å². The Morgan fingerprint density at radius 2 is 1.79 bits per heavy atom. The molecule has 6 nitrogen and oxygen atoms in total. The van der Waals surface area contributed by atoms with E-state index in [4.69, 9.17) is 0 Å². The maximum atomic E-state index is 13.1. The summed E-state index contributed by atoms with van der Waals surface area (Å²) in [6.07, 6.45) is 6.77. The van der Waals surface area contributed by atoms with Crippen LogP contribution in [0.15, 0.2) is 23.1 Å². The maximum Gasteiger partial charge on any atom is 0.243 e. The van der Waals surface area contributed by atoms with Gasteiger partial charge in [-0.05, 0) is 74.6 Å². The van der Waals surface area contributed by atoms with Crippen LogP contribution in [0, 0.1) is 5.92 Å². The summed E-state index contributed by atoms with van der Waals surface area (Å²) in [6, 6.07) is 5.88. The minimum atomic E-state index is -3.46. The molecule has 7 heteroatoms. The third-order valence-electron chi connectivity index (χ3n) is 6.37. The third kappa shape index (κ3) is 4.42. The van der Waals surface area contributed by atoms with Crippen LogP contribution in [0.4, 0.5) is 0 Å². The second kappa shape index (κ2) is 8.13. The first kappa shape index (κ1) is 19.9. The maximum absolute atomic E-state index is 13.1. The molecule has 0 unspecified atom stereocenters. The summed E-state index contributed by atoms with van der Waals surface area (Å²) in [5, 5.41) is 3.07. The summed E-state index contributed by atoms with van der Waals surface area (Å²) in [5.41, 5.74) is 2.48. The van der Waals surface area contributed by atoms with Crippen LogP contribution in [0.25, 0.3) is 0 Å².